The second kappa shape index (κ2) is 6.69. The summed E-state index contributed by atoms with van der Waals surface area (Å²) >= 11 is 0. The van der Waals surface area contributed by atoms with Gasteiger partial charge < -0.3 is 5.11 Å². The summed E-state index contributed by atoms with van der Waals surface area (Å²) in [5, 5.41) is 9.30. The molecule has 3 heteroatoms. The second-order valence-corrected chi connectivity index (χ2v) is 4.56. The summed E-state index contributed by atoms with van der Waals surface area (Å²) in [6, 6.07) is 13.7. The van der Waals surface area contributed by atoms with Gasteiger partial charge in [-0.1, -0.05) is 36.4 Å². The average Bonchev–Trinajstić information content (AvgIpc) is 2.45. The van der Waals surface area contributed by atoms with E-state index in [1.54, 1.807) is 18.5 Å². The Hall–Kier alpha value is -2.16. The summed E-state index contributed by atoms with van der Waals surface area (Å²) < 4.78 is 0. The lowest BCUT2D eigenvalue weighted by atomic mass is 9.94. The number of aryl methyl sites for hydroxylation is 1. The number of benzene rings is 1. The minimum absolute atomic E-state index is 0.461. The molecule has 0 bridgehead atoms. The van der Waals surface area contributed by atoms with Gasteiger partial charge in [0.1, 0.15) is 0 Å². The van der Waals surface area contributed by atoms with Crippen LogP contribution in [0.4, 0.5) is 0 Å². The van der Waals surface area contributed by atoms with Crippen LogP contribution < -0.4 is 0 Å². The predicted octanol–water partition coefficient (Wildman–Crippen LogP) is 3.27. The predicted molar refractivity (Wildman–Crippen MR) is 74.0 cm³/mol. The average molecular weight is 255 g/mol. The summed E-state index contributed by atoms with van der Waals surface area (Å²) in [6.45, 7) is 0. The van der Waals surface area contributed by atoms with Gasteiger partial charge in [0, 0.05) is 12.4 Å². The van der Waals surface area contributed by atoms with Gasteiger partial charge in [0.25, 0.3) is 0 Å². The summed E-state index contributed by atoms with van der Waals surface area (Å²) in [4.78, 5) is 15.3. The van der Waals surface area contributed by atoms with Crippen molar-refractivity contribution in [1.82, 2.24) is 4.98 Å². The number of carboxylic acid groups (broad SMARTS) is 1. The molecule has 1 N–H and O–H groups in total. The van der Waals surface area contributed by atoms with E-state index >= 15 is 0 Å². The van der Waals surface area contributed by atoms with Crippen molar-refractivity contribution in [3.63, 3.8) is 0 Å². The number of nitrogens with zero attached hydrogens (tertiary/aromatic N) is 1. The number of hydrogen-bond acceptors (Lipinski definition) is 2. The zero-order valence-corrected chi connectivity index (χ0v) is 10.7. The third kappa shape index (κ3) is 3.91. The van der Waals surface area contributed by atoms with Crippen LogP contribution in [0.3, 0.4) is 0 Å². The molecule has 19 heavy (non-hydrogen) atoms. The van der Waals surface area contributed by atoms with Gasteiger partial charge in [-0.25, -0.2) is 0 Å². The first-order valence-electron chi connectivity index (χ1n) is 6.44. The molecule has 2 rings (SSSR count). The number of aromatic nitrogens is 1. The summed E-state index contributed by atoms with van der Waals surface area (Å²) in [5.74, 6) is -1.24. The minimum atomic E-state index is -0.777. The minimum Gasteiger partial charge on any atom is -0.481 e. The Morgan fingerprint density at radius 1 is 1.16 bits per heavy atom. The Morgan fingerprint density at radius 2 is 1.95 bits per heavy atom. The van der Waals surface area contributed by atoms with Gasteiger partial charge >= 0.3 is 5.97 Å². The molecule has 1 atom stereocenters. The number of pyridine rings is 1. The van der Waals surface area contributed by atoms with E-state index in [4.69, 9.17) is 0 Å². The Morgan fingerprint density at radius 3 is 2.58 bits per heavy atom. The molecule has 0 unspecified atom stereocenters. The van der Waals surface area contributed by atoms with Crippen LogP contribution in [0, 0.1) is 0 Å². The Bertz CT molecular complexity index is 511. The molecule has 3 nitrogen and oxygen atoms in total. The number of carbonyl (C=O) groups is 1. The molecule has 0 aliphatic carbocycles. The van der Waals surface area contributed by atoms with Gasteiger partial charge in [0.15, 0.2) is 0 Å². The van der Waals surface area contributed by atoms with Crippen molar-refractivity contribution in [3.8, 4) is 0 Å². The highest BCUT2D eigenvalue weighted by Crippen LogP contribution is 2.21. The molecule has 0 spiro atoms. The van der Waals surface area contributed by atoms with Gasteiger partial charge in [-0.15, -0.1) is 0 Å². The molecule has 98 valence electrons. The van der Waals surface area contributed by atoms with E-state index in [2.05, 4.69) is 17.1 Å². The van der Waals surface area contributed by atoms with Crippen LogP contribution in [0.5, 0.6) is 0 Å². The molecule has 0 radical (unpaired) electrons. The Balaban J connectivity index is 1.94. The van der Waals surface area contributed by atoms with Crippen molar-refractivity contribution in [2.75, 3.05) is 0 Å². The lowest BCUT2D eigenvalue weighted by Crippen LogP contribution is -2.12. The summed E-state index contributed by atoms with van der Waals surface area (Å²) in [5.41, 5.74) is 2.03. The maximum absolute atomic E-state index is 11.3. The molecular weight excluding hydrogens is 238 g/mol. The Labute approximate surface area is 112 Å². The fourth-order valence-corrected chi connectivity index (χ4v) is 2.17. The van der Waals surface area contributed by atoms with Gasteiger partial charge in [0.2, 0.25) is 0 Å². The highest BCUT2D eigenvalue weighted by atomic mass is 16.4. The van der Waals surface area contributed by atoms with Crippen LogP contribution in [0.2, 0.25) is 0 Å². The third-order valence-electron chi connectivity index (χ3n) is 3.19. The van der Waals surface area contributed by atoms with Crippen molar-refractivity contribution in [2.45, 2.75) is 25.2 Å². The molecule has 0 saturated carbocycles. The fraction of sp³-hybridized carbons (Fsp3) is 0.250. The zero-order valence-electron chi connectivity index (χ0n) is 10.7. The molecule has 1 aromatic carbocycles. The van der Waals surface area contributed by atoms with E-state index in [-0.39, 0.29) is 0 Å². The lowest BCUT2D eigenvalue weighted by Gasteiger charge is -2.12. The third-order valence-corrected chi connectivity index (χ3v) is 3.19. The highest BCUT2D eigenvalue weighted by Gasteiger charge is 2.19. The number of carboxylic acids is 1. The van der Waals surface area contributed by atoms with Crippen LogP contribution in [-0.2, 0) is 11.2 Å². The van der Waals surface area contributed by atoms with Crippen molar-refractivity contribution in [1.29, 1.82) is 0 Å². The van der Waals surface area contributed by atoms with E-state index in [1.807, 2.05) is 24.3 Å². The number of hydrogen-bond donors (Lipinski definition) is 1. The molecular formula is C16H17NO2. The van der Waals surface area contributed by atoms with Crippen molar-refractivity contribution in [3.05, 3.63) is 66.0 Å². The maximum atomic E-state index is 11.3. The molecule has 2 aromatic rings. The van der Waals surface area contributed by atoms with E-state index < -0.39 is 11.9 Å². The smallest absolute Gasteiger partial charge is 0.311 e. The van der Waals surface area contributed by atoms with Crippen molar-refractivity contribution in [2.24, 2.45) is 0 Å². The van der Waals surface area contributed by atoms with Gasteiger partial charge in [-0.2, -0.15) is 0 Å². The van der Waals surface area contributed by atoms with Crippen LogP contribution in [0.1, 0.15) is 29.9 Å². The molecule has 0 amide bonds. The summed E-state index contributed by atoms with van der Waals surface area (Å²) in [7, 11) is 0. The Kier molecular flexibility index (Phi) is 4.67. The monoisotopic (exact) mass is 255 g/mol. The van der Waals surface area contributed by atoms with Gasteiger partial charge in [-0.05, 0) is 36.5 Å². The zero-order chi connectivity index (χ0) is 13.5. The number of aliphatic carboxylic acids is 1. The van der Waals surface area contributed by atoms with Gasteiger partial charge in [0.05, 0.1) is 5.92 Å². The first-order chi connectivity index (χ1) is 9.27. The normalized spacial score (nSPS) is 12.0. The number of rotatable bonds is 6. The summed E-state index contributed by atoms with van der Waals surface area (Å²) in [6.07, 6.45) is 5.70. The second-order valence-electron chi connectivity index (χ2n) is 4.56. The highest BCUT2D eigenvalue weighted by molar-refractivity contribution is 5.75. The van der Waals surface area contributed by atoms with Crippen LogP contribution in [-0.4, -0.2) is 16.1 Å². The fourth-order valence-electron chi connectivity index (χ4n) is 2.17. The lowest BCUT2D eigenvalue weighted by molar-refractivity contribution is -0.139. The van der Waals surface area contributed by atoms with E-state index in [9.17, 15) is 9.90 Å². The first kappa shape index (κ1) is 13.3. The molecule has 0 aliphatic heterocycles. The van der Waals surface area contributed by atoms with Crippen molar-refractivity contribution >= 4 is 5.97 Å². The van der Waals surface area contributed by atoms with Crippen LogP contribution >= 0.6 is 0 Å². The van der Waals surface area contributed by atoms with Crippen LogP contribution in [0.25, 0.3) is 0 Å². The molecule has 0 aliphatic rings. The molecule has 1 aromatic heterocycles. The van der Waals surface area contributed by atoms with Gasteiger partial charge in [-0.3, -0.25) is 9.78 Å². The topological polar surface area (TPSA) is 50.2 Å². The maximum Gasteiger partial charge on any atom is 0.311 e. The molecule has 0 fully saturated rings. The standard InChI is InChI=1S/C16H17NO2/c18-16(19)15(14-9-5-11-17-12-14)10-4-8-13-6-2-1-3-7-13/h1-3,5-7,9,11-12,15H,4,8,10H2,(H,18,19)/t15-/m0/s1. The SMILES string of the molecule is O=C(O)[C@@H](CCCc1ccccc1)c1cccnc1. The molecule has 0 saturated heterocycles. The largest absolute Gasteiger partial charge is 0.481 e. The van der Waals surface area contributed by atoms with E-state index in [0.29, 0.717) is 6.42 Å². The van der Waals surface area contributed by atoms with E-state index in [1.165, 1.54) is 5.56 Å². The molecule has 1 heterocycles. The quantitative estimate of drug-likeness (QED) is 0.861. The first-order valence-corrected chi connectivity index (χ1v) is 6.44. The van der Waals surface area contributed by atoms with Crippen LogP contribution in [0.15, 0.2) is 54.9 Å². The van der Waals surface area contributed by atoms with Crippen molar-refractivity contribution < 1.29 is 9.90 Å². The van der Waals surface area contributed by atoms with E-state index in [0.717, 1.165) is 18.4 Å².